The first-order valence-corrected chi connectivity index (χ1v) is 10.1. The second-order valence-electron chi connectivity index (χ2n) is 7.49. The first-order chi connectivity index (χ1) is 14.5. The zero-order valence-corrected chi connectivity index (χ0v) is 17.5. The Morgan fingerprint density at radius 2 is 1.70 bits per heavy atom. The van der Waals surface area contributed by atoms with Crippen molar-refractivity contribution in [2.45, 2.75) is 40.3 Å². The first-order valence-electron chi connectivity index (χ1n) is 10.1. The van der Waals surface area contributed by atoms with Gasteiger partial charge in [0.1, 0.15) is 0 Å². The van der Waals surface area contributed by atoms with E-state index in [2.05, 4.69) is 82.9 Å². The number of fused-ring (bicyclic) bond motifs is 1. The molecule has 0 amide bonds. The van der Waals surface area contributed by atoms with Crippen LogP contribution in [-0.2, 0) is 19.5 Å². The molecule has 2 aromatic carbocycles. The number of nitrogens with one attached hydrogen (secondary N) is 3. The molecule has 7 heteroatoms. The number of nitrogens with zero attached hydrogens (tertiary/aromatic N) is 3. The molecule has 4 rings (SSSR count). The van der Waals surface area contributed by atoms with Crippen LogP contribution >= 0.6 is 0 Å². The second-order valence-corrected chi connectivity index (χ2v) is 7.49. The fourth-order valence-electron chi connectivity index (χ4n) is 3.37. The topological polar surface area (TPSA) is 87.1 Å². The highest BCUT2D eigenvalue weighted by atomic mass is 16.1. The van der Waals surface area contributed by atoms with E-state index < -0.39 is 0 Å². The molecule has 0 bridgehead atoms. The van der Waals surface area contributed by atoms with Crippen LogP contribution < -0.4 is 16.2 Å². The van der Waals surface area contributed by atoms with E-state index >= 15 is 0 Å². The smallest absolute Gasteiger partial charge is 0.274 e. The summed E-state index contributed by atoms with van der Waals surface area (Å²) in [7, 11) is 0. The van der Waals surface area contributed by atoms with Crippen LogP contribution in [0.15, 0.2) is 53.3 Å². The van der Waals surface area contributed by atoms with E-state index in [1.807, 2.05) is 6.07 Å². The van der Waals surface area contributed by atoms with E-state index in [1.165, 1.54) is 21.7 Å². The van der Waals surface area contributed by atoms with Crippen molar-refractivity contribution >= 4 is 17.4 Å². The summed E-state index contributed by atoms with van der Waals surface area (Å²) in [6.45, 7) is 7.33. The van der Waals surface area contributed by atoms with Gasteiger partial charge in [-0.15, -0.1) is 0 Å². The number of benzene rings is 2. The second kappa shape index (κ2) is 8.41. The monoisotopic (exact) mass is 402 g/mol. The molecule has 3 N–H and O–H groups in total. The van der Waals surface area contributed by atoms with Crippen LogP contribution in [0.5, 0.6) is 0 Å². The molecule has 0 spiro atoms. The maximum Gasteiger partial charge on any atom is 0.274 e. The number of hydrogen-bond donors (Lipinski definition) is 3. The van der Waals surface area contributed by atoms with Crippen molar-refractivity contribution in [3.63, 3.8) is 0 Å². The average Bonchev–Trinajstić information content (AvgIpc) is 3.16. The third kappa shape index (κ3) is 4.35. The molecule has 154 valence electrons. The minimum Gasteiger partial charge on any atom is -0.379 e. The molecular formula is C23H26N6O. The van der Waals surface area contributed by atoms with Gasteiger partial charge in [0, 0.05) is 18.3 Å². The van der Waals surface area contributed by atoms with Gasteiger partial charge in [-0.05, 0) is 43.0 Å². The maximum absolute atomic E-state index is 12.5. The van der Waals surface area contributed by atoms with Crippen LogP contribution in [-0.4, -0.2) is 19.6 Å². The average molecular weight is 403 g/mol. The molecule has 2 heterocycles. The summed E-state index contributed by atoms with van der Waals surface area (Å²) >= 11 is 0. The lowest BCUT2D eigenvalue weighted by atomic mass is 10.1. The molecule has 4 aromatic rings. The summed E-state index contributed by atoms with van der Waals surface area (Å²) in [5, 5.41) is 9.54. The van der Waals surface area contributed by atoms with Gasteiger partial charge in [0.25, 0.3) is 11.3 Å². The van der Waals surface area contributed by atoms with E-state index in [1.54, 1.807) is 0 Å². The van der Waals surface area contributed by atoms with Gasteiger partial charge in [-0.1, -0.05) is 48.9 Å². The Balaban J connectivity index is 1.47. The summed E-state index contributed by atoms with van der Waals surface area (Å²) < 4.78 is 1.35. The summed E-state index contributed by atoms with van der Waals surface area (Å²) in [5.41, 5.74) is 6.31. The summed E-state index contributed by atoms with van der Waals surface area (Å²) in [6.07, 6.45) is 1.02. The fourth-order valence-corrected chi connectivity index (χ4v) is 3.37. The minimum atomic E-state index is -0.190. The molecule has 0 radical (unpaired) electrons. The lowest BCUT2D eigenvalue weighted by molar-refractivity contribution is 0.874. The molecule has 0 atom stereocenters. The van der Waals surface area contributed by atoms with Gasteiger partial charge in [-0.3, -0.25) is 9.89 Å². The van der Waals surface area contributed by atoms with E-state index in [4.69, 9.17) is 0 Å². The Hall–Kier alpha value is -3.61. The third-order valence-electron chi connectivity index (χ3n) is 5.12. The summed E-state index contributed by atoms with van der Waals surface area (Å²) in [6, 6.07) is 16.2. The Kier molecular flexibility index (Phi) is 5.52. The van der Waals surface area contributed by atoms with Gasteiger partial charge < -0.3 is 10.6 Å². The Bertz CT molecular complexity index is 1220. The third-order valence-corrected chi connectivity index (χ3v) is 5.12. The standard InChI is InChI=1S/C23H26N6O/c1-4-17-6-8-18(9-7-17)13-25-22-27-23-26-19(12-21(30)29(23)28-22)14-24-20-10-5-15(2)11-16(20)3/h5-12,24H,4,13-14H2,1-3H3,(H2,25,26,27,28). The molecule has 0 unspecified atom stereocenters. The quantitative estimate of drug-likeness (QED) is 0.437. The van der Waals surface area contributed by atoms with Crippen LogP contribution in [0, 0.1) is 13.8 Å². The van der Waals surface area contributed by atoms with Gasteiger partial charge in [0.2, 0.25) is 5.95 Å². The van der Waals surface area contributed by atoms with Crippen molar-refractivity contribution < 1.29 is 0 Å². The predicted octanol–water partition coefficient (Wildman–Crippen LogP) is 3.82. The van der Waals surface area contributed by atoms with Crippen molar-refractivity contribution in [3.8, 4) is 0 Å². The summed E-state index contributed by atoms with van der Waals surface area (Å²) in [4.78, 5) is 21.4. The highest BCUT2D eigenvalue weighted by Gasteiger charge is 2.09. The molecule has 2 aromatic heterocycles. The highest BCUT2D eigenvalue weighted by Crippen LogP contribution is 2.16. The lowest BCUT2D eigenvalue weighted by Gasteiger charge is -2.09. The van der Waals surface area contributed by atoms with Gasteiger partial charge in [0.05, 0.1) is 12.2 Å². The molecule has 7 nitrogen and oxygen atoms in total. The number of rotatable bonds is 7. The normalized spacial score (nSPS) is 11.0. The Labute approximate surface area is 175 Å². The van der Waals surface area contributed by atoms with E-state index in [0.717, 1.165) is 23.2 Å². The molecule has 30 heavy (non-hydrogen) atoms. The van der Waals surface area contributed by atoms with Gasteiger partial charge in [-0.2, -0.15) is 9.50 Å². The Morgan fingerprint density at radius 3 is 2.43 bits per heavy atom. The van der Waals surface area contributed by atoms with Crippen molar-refractivity contribution in [1.82, 2.24) is 19.6 Å². The molecule has 0 fully saturated rings. The van der Waals surface area contributed by atoms with E-state index in [-0.39, 0.29) is 5.56 Å². The summed E-state index contributed by atoms with van der Waals surface area (Å²) in [5.74, 6) is 0.863. The molecule has 0 aliphatic carbocycles. The number of aromatic nitrogens is 4. The van der Waals surface area contributed by atoms with Crippen molar-refractivity contribution in [2.75, 3.05) is 10.6 Å². The van der Waals surface area contributed by atoms with Gasteiger partial charge >= 0.3 is 0 Å². The number of aromatic amines is 1. The van der Waals surface area contributed by atoms with E-state index in [0.29, 0.717) is 30.5 Å². The van der Waals surface area contributed by atoms with Crippen LogP contribution in [0.25, 0.3) is 5.78 Å². The molecule has 0 saturated carbocycles. The zero-order chi connectivity index (χ0) is 21.1. The molecule has 0 aliphatic heterocycles. The van der Waals surface area contributed by atoms with Crippen LogP contribution in [0.4, 0.5) is 11.6 Å². The lowest BCUT2D eigenvalue weighted by Crippen LogP contribution is -2.17. The van der Waals surface area contributed by atoms with Crippen LogP contribution in [0.2, 0.25) is 0 Å². The predicted molar refractivity (Wildman–Crippen MR) is 120 cm³/mol. The zero-order valence-electron chi connectivity index (χ0n) is 17.5. The number of hydrogen-bond acceptors (Lipinski definition) is 5. The largest absolute Gasteiger partial charge is 0.379 e. The molecular weight excluding hydrogens is 376 g/mol. The van der Waals surface area contributed by atoms with Crippen molar-refractivity contribution in [3.05, 3.63) is 86.8 Å². The van der Waals surface area contributed by atoms with Crippen LogP contribution in [0.3, 0.4) is 0 Å². The fraction of sp³-hybridized carbons (Fsp3) is 0.261. The molecule has 0 saturated heterocycles. The van der Waals surface area contributed by atoms with E-state index in [9.17, 15) is 4.79 Å². The first kappa shape index (κ1) is 19.7. The Morgan fingerprint density at radius 1 is 0.933 bits per heavy atom. The van der Waals surface area contributed by atoms with Gasteiger partial charge in [0.15, 0.2) is 0 Å². The minimum absolute atomic E-state index is 0.190. The maximum atomic E-state index is 12.5. The van der Waals surface area contributed by atoms with Crippen molar-refractivity contribution in [2.24, 2.45) is 0 Å². The number of H-pyrrole nitrogens is 1. The number of anilines is 2. The van der Waals surface area contributed by atoms with Crippen molar-refractivity contribution in [1.29, 1.82) is 0 Å². The van der Waals surface area contributed by atoms with Crippen LogP contribution in [0.1, 0.15) is 34.9 Å². The SMILES string of the molecule is CCc1ccc(CNc2nc3nc(CNc4ccc(C)cc4C)cc(=O)n3[nH]2)cc1. The van der Waals surface area contributed by atoms with Gasteiger partial charge in [-0.25, -0.2) is 4.98 Å². The number of aryl methyl sites for hydroxylation is 3. The molecule has 0 aliphatic rings. The highest BCUT2D eigenvalue weighted by molar-refractivity contribution is 5.52.